The molecule has 64 heavy (non-hydrogen) atoms. The van der Waals surface area contributed by atoms with Gasteiger partial charge < -0.3 is 43.8 Å². The highest BCUT2D eigenvalue weighted by molar-refractivity contribution is 6.19. The molecular formula is C45H64N4O15. The van der Waals surface area contributed by atoms with Crippen LogP contribution in [0.25, 0.3) is 0 Å². The molecule has 19 nitrogen and oxygen atoms in total. The van der Waals surface area contributed by atoms with E-state index in [4.69, 9.17) is 33.2 Å². The highest BCUT2D eigenvalue weighted by atomic mass is 16.6. The number of ether oxygens (including phenoxy) is 7. The van der Waals surface area contributed by atoms with E-state index in [1.807, 2.05) is 13.8 Å². The van der Waals surface area contributed by atoms with Crippen LogP contribution in [-0.4, -0.2) is 98.7 Å². The van der Waals surface area contributed by atoms with Gasteiger partial charge in [-0.15, -0.1) is 0 Å². The first kappa shape index (κ1) is 53.9. The maximum atomic E-state index is 13.0. The van der Waals surface area contributed by atoms with Crippen LogP contribution in [-0.2, 0) is 61.9 Å². The van der Waals surface area contributed by atoms with Gasteiger partial charge >= 0.3 is 36.1 Å². The van der Waals surface area contributed by atoms with E-state index < -0.39 is 70.9 Å². The lowest BCUT2D eigenvalue weighted by Gasteiger charge is -2.28. The summed E-state index contributed by atoms with van der Waals surface area (Å²) in [5.74, 6) is -9.66. The number of carbonyl (C=O) groups is 8. The predicted molar refractivity (Wildman–Crippen MR) is 235 cm³/mol. The lowest BCUT2D eigenvalue weighted by atomic mass is 10.0. The Bertz CT molecular complexity index is 1910. The first-order valence-corrected chi connectivity index (χ1v) is 21.2. The lowest BCUT2D eigenvalue weighted by molar-refractivity contribution is -0.166. The van der Waals surface area contributed by atoms with Gasteiger partial charge in [0.1, 0.15) is 5.60 Å². The molecule has 0 saturated heterocycles. The van der Waals surface area contributed by atoms with Gasteiger partial charge in [0.25, 0.3) is 0 Å². The Morgan fingerprint density at radius 3 is 1.33 bits per heavy atom. The first-order valence-electron chi connectivity index (χ1n) is 21.2. The van der Waals surface area contributed by atoms with Crippen molar-refractivity contribution in [1.29, 1.82) is 0 Å². The quantitative estimate of drug-likeness (QED) is 0.0339. The van der Waals surface area contributed by atoms with Crippen molar-refractivity contribution in [2.24, 2.45) is 11.8 Å². The normalized spacial score (nSPS) is 11.2. The second kappa shape index (κ2) is 26.4. The molecule has 0 aromatic heterocycles. The molecule has 0 unspecified atom stereocenters. The van der Waals surface area contributed by atoms with Crippen LogP contribution < -0.4 is 21.3 Å². The van der Waals surface area contributed by atoms with Crippen molar-refractivity contribution in [2.45, 2.75) is 113 Å². The maximum Gasteiger partial charge on any atom is 0.412 e. The van der Waals surface area contributed by atoms with Crippen molar-refractivity contribution in [2.75, 3.05) is 60.9 Å². The van der Waals surface area contributed by atoms with Gasteiger partial charge in [-0.05, 0) is 137 Å². The van der Waals surface area contributed by atoms with Crippen LogP contribution >= 0.6 is 0 Å². The molecule has 4 N–H and O–H groups in total. The molecule has 0 bridgehead atoms. The Balaban J connectivity index is 1.79. The number of unbranched alkanes of at least 4 members (excludes halogenated alkanes) is 1. The minimum Gasteiger partial charge on any atom is -0.465 e. The third-order valence-corrected chi connectivity index (χ3v) is 9.29. The number of aryl methyl sites for hydroxylation is 2. The van der Waals surface area contributed by atoms with Gasteiger partial charge in [-0.25, -0.2) is 9.59 Å². The minimum absolute atomic E-state index is 0.0329. The number of anilines is 4. The average molecular weight is 901 g/mol. The van der Waals surface area contributed by atoms with E-state index in [0.29, 0.717) is 61.2 Å². The molecule has 0 aliphatic carbocycles. The standard InChI is InChI=1S/C45H64N4O15/c1-11-58-38(52)34(39(53)59-12-2)36(50)48-32-26-30(20-18-28(32)5)46-42(56)62-24-16-15-22-44(7,8)63-25-17-23-45(9,10)64-43(57)47-31-21-19-29(6)33(27-31)49-37(51)35(40(54)60-13-3)41(55)61-14-4/h18-21,26-27,34-35H,11-17,22-25H2,1-10H3,(H,46,56)(H,47,57)(H,48,50)(H,49,51). The molecule has 0 spiro atoms. The summed E-state index contributed by atoms with van der Waals surface area (Å²) in [5, 5.41) is 10.3. The summed E-state index contributed by atoms with van der Waals surface area (Å²) in [5.41, 5.74) is 0.963. The Hall–Kier alpha value is -6.24. The number of esters is 4. The van der Waals surface area contributed by atoms with Crippen LogP contribution in [0.4, 0.5) is 32.3 Å². The average Bonchev–Trinajstić information content (AvgIpc) is 3.19. The van der Waals surface area contributed by atoms with E-state index in [1.54, 1.807) is 79.7 Å². The molecule has 354 valence electrons. The zero-order chi connectivity index (χ0) is 48.0. The van der Waals surface area contributed by atoms with E-state index in [2.05, 4.69) is 21.3 Å². The summed E-state index contributed by atoms with van der Waals surface area (Å²) in [7, 11) is 0. The second-order valence-electron chi connectivity index (χ2n) is 15.6. The van der Waals surface area contributed by atoms with Crippen molar-refractivity contribution in [3.05, 3.63) is 47.5 Å². The number of amides is 4. The van der Waals surface area contributed by atoms with Gasteiger partial charge in [-0.2, -0.15) is 0 Å². The van der Waals surface area contributed by atoms with E-state index in [-0.39, 0.29) is 44.4 Å². The maximum absolute atomic E-state index is 13.0. The van der Waals surface area contributed by atoms with Crippen LogP contribution in [0.1, 0.15) is 98.6 Å². The van der Waals surface area contributed by atoms with Gasteiger partial charge in [-0.1, -0.05) is 12.1 Å². The smallest absolute Gasteiger partial charge is 0.412 e. The van der Waals surface area contributed by atoms with Crippen molar-refractivity contribution in [1.82, 2.24) is 0 Å². The molecule has 4 amide bonds. The molecule has 0 aliphatic heterocycles. The highest BCUT2D eigenvalue weighted by Gasteiger charge is 2.38. The summed E-state index contributed by atoms with van der Waals surface area (Å²) in [6.45, 7) is 17.4. The fourth-order valence-electron chi connectivity index (χ4n) is 5.94. The van der Waals surface area contributed by atoms with Crippen LogP contribution in [0.2, 0.25) is 0 Å². The number of benzene rings is 2. The van der Waals surface area contributed by atoms with Gasteiger partial charge in [0.15, 0.2) is 0 Å². The SMILES string of the molecule is CCOC(=O)C(C(=O)Nc1cc(NC(=O)OCCCCC(C)(C)OCCCC(C)(C)OC(=O)Nc2ccc(C)c(NC(=O)C(C(=O)OCC)C(=O)OCC)c2)ccc1C)C(=O)OCC. The lowest BCUT2D eigenvalue weighted by Crippen LogP contribution is -2.38. The molecule has 0 fully saturated rings. The Labute approximate surface area is 374 Å². The first-order chi connectivity index (χ1) is 30.2. The number of rotatable bonds is 25. The second-order valence-corrected chi connectivity index (χ2v) is 15.6. The van der Waals surface area contributed by atoms with Gasteiger partial charge in [0, 0.05) is 29.4 Å². The summed E-state index contributed by atoms with van der Waals surface area (Å²) in [4.78, 5) is 101. The summed E-state index contributed by atoms with van der Waals surface area (Å²) in [6, 6.07) is 9.44. The number of carbonyl (C=O) groups excluding carboxylic acids is 8. The van der Waals surface area contributed by atoms with Crippen molar-refractivity contribution in [3.63, 3.8) is 0 Å². The van der Waals surface area contributed by atoms with Crippen molar-refractivity contribution < 1.29 is 71.5 Å². The van der Waals surface area contributed by atoms with Gasteiger partial charge in [0.2, 0.25) is 23.7 Å². The summed E-state index contributed by atoms with van der Waals surface area (Å²) >= 11 is 0. The Kier molecular flexibility index (Phi) is 22.2. The van der Waals surface area contributed by atoms with E-state index >= 15 is 0 Å². The molecule has 2 rings (SSSR count). The molecule has 19 heteroatoms. The van der Waals surface area contributed by atoms with Crippen LogP contribution in [0.3, 0.4) is 0 Å². The van der Waals surface area contributed by atoms with Crippen LogP contribution in [0.5, 0.6) is 0 Å². The van der Waals surface area contributed by atoms with Crippen molar-refractivity contribution in [3.8, 4) is 0 Å². The fraction of sp³-hybridized carbons (Fsp3) is 0.556. The monoisotopic (exact) mass is 900 g/mol. The molecular weight excluding hydrogens is 837 g/mol. The number of hydrogen-bond donors (Lipinski definition) is 4. The highest BCUT2D eigenvalue weighted by Crippen LogP contribution is 2.26. The van der Waals surface area contributed by atoms with E-state index in [0.717, 1.165) is 0 Å². The van der Waals surface area contributed by atoms with Gasteiger partial charge in [0.05, 0.1) is 38.6 Å². The van der Waals surface area contributed by atoms with Crippen LogP contribution in [0.15, 0.2) is 36.4 Å². The topological polar surface area (TPSA) is 249 Å². The molecule has 2 aromatic carbocycles. The molecule has 0 saturated carbocycles. The molecule has 2 aromatic rings. The van der Waals surface area contributed by atoms with Crippen molar-refractivity contribution >= 4 is 70.6 Å². The van der Waals surface area contributed by atoms with E-state index in [1.165, 1.54) is 12.1 Å². The zero-order valence-corrected chi connectivity index (χ0v) is 38.5. The third kappa shape index (κ3) is 18.6. The minimum atomic E-state index is -1.82. The number of hydrogen-bond acceptors (Lipinski definition) is 15. The van der Waals surface area contributed by atoms with E-state index in [9.17, 15) is 38.4 Å². The van der Waals surface area contributed by atoms with Crippen LogP contribution in [0, 0.1) is 25.7 Å². The third-order valence-electron chi connectivity index (χ3n) is 9.29. The largest absolute Gasteiger partial charge is 0.465 e. The summed E-state index contributed by atoms with van der Waals surface area (Å²) < 4.78 is 36.7. The molecule has 0 aliphatic rings. The predicted octanol–water partition coefficient (Wildman–Crippen LogP) is 6.99. The van der Waals surface area contributed by atoms with Gasteiger partial charge in [-0.3, -0.25) is 39.4 Å². The molecule has 0 heterocycles. The fourth-order valence-corrected chi connectivity index (χ4v) is 5.94. The molecule has 0 radical (unpaired) electrons. The Morgan fingerprint density at radius 1 is 0.500 bits per heavy atom. The summed E-state index contributed by atoms with van der Waals surface area (Å²) in [6.07, 6.45) is 1.54. The zero-order valence-electron chi connectivity index (χ0n) is 38.5. The number of nitrogens with one attached hydrogen (secondary N) is 4. The Morgan fingerprint density at radius 2 is 0.906 bits per heavy atom. The molecule has 0 atom stereocenters.